The third kappa shape index (κ3) is 5.14. The lowest BCUT2D eigenvalue weighted by Gasteiger charge is -2.33. The predicted molar refractivity (Wildman–Crippen MR) is 116 cm³/mol. The topological polar surface area (TPSA) is 58.4 Å². The smallest absolute Gasteiger partial charge is 0.226 e. The van der Waals surface area contributed by atoms with Gasteiger partial charge in [-0.1, -0.05) is 36.2 Å². The van der Waals surface area contributed by atoms with Crippen molar-refractivity contribution in [2.45, 2.75) is 38.6 Å². The zero-order chi connectivity index (χ0) is 20.1. The second kappa shape index (κ2) is 9.37. The van der Waals surface area contributed by atoms with E-state index >= 15 is 0 Å². The van der Waals surface area contributed by atoms with Crippen LogP contribution >= 0.6 is 11.3 Å². The number of rotatable bonds is 7. The van der Waals surface area contributed by atoms with E-state index in [-0.39, 0.29) is 11.9 Å². The minimum atomic E-state index is -0.000628. The van der Waals surface area contributed by atoms with Gasteiger partial charge in [-0.25, -0.2) is 4.98 Å². The van der Waals surface area contributed by atoms with Gasteiger partial charge in [0.2, 0.25) is 5.91 Å². The fourth-order valence-corrected chi connectivity index (χ4v) is 4.60. The van der Waals surface area contributed by atoms with Crippen molar-refractivity contribution >= 4 is 17.2 Å². The maximum atomic E-state index is 12.6. The number of nitrogens with zero attached hydrogens (tertiary/aromatic N) is 2. The van der Waals surface area contributed by atoms with Crippen molar-refractivity contribution in [1.29, 1.82) is 0 Å². The maximum absolute atomic E-state index is 12.6. The first kappa shape index (κ1) is 19.9. The normalized spacial score (nSPS) is 15.9. The lowest BCUT2D eigenvalue weighted by molar-refractivity contribution is -0.120. The van der Waals surface area contributed by atoms with E-state index in [4.69, 9.17) is 4.42 Å². The third-order valence-electron chi connectivity index (χ3n) is 5.39. The molecule has 1 aromatic carbocycles. The second-order valence-electron chi connectivity index (χ2n) is 7.62. The molecule has 29 heavy (non-hydrogen) atoms. The standard InChI is InChI=1S/C23H27N3O2S/c1-17-7-9-18(10-8-17)23-25-19(16-29-23)14-22(27)24-15-20(21-6-5-13-28-21)26-11-3-2-4-12-26/h5-10,13,16,20H,2-4,11-12,14-15H2,1H3,(H,24,27). The summed E-state index contributed by atoms with van der Waals surface area (Å²) in [6.45, 7) is 4.73. The van der Waals surface area contributed by atoms with Crippen molar-refractivity contribution in [2.75, 3.05) is 19.6 Å². The molecule has 1 aliphatic heterocycles. The molecule has 3 aromatic rings. The summed E-state index contributed by atoms with van der Waals surface area (Å²) in [6, 6.07) is 12.3. The van der Waals surface area contributed by atoms with Crippen LogP contribution in [-0.2, 0) is 11.2 Å². The monoisotopic (exact) mass is 409 g/mol. The number of piperidine rings is 1. The van der Waals surface area contributed by atoms with Gasteiger partial charge in [0.05, 0.1) is 24.4 Å². The van der Waals surface area contributed by atoms with E-state index in [2.05, 4.69) is 46.4 Å². The van der Waals surface area contributed by atoms with Gasteiger partial charge < -0.3 is 9.73 Å². The number of aromatic nitrogens is 1. The lowest BCUT2D eigenvalue weighted by Crippen LogP contribution is -2.40. The first-order valence-corrected chi connectivity index (χ1v) is 11.1. The minimum Gasteiger partial charge on any atom is -0.468 e. The number of carbonyl (C=O) groups is 1. The van der Waals surface area contributed by atoms with Crippen molar-refractivity contribution in [3.05, 3.63) is 65.1 Å². The van der Waals surface area contributed by atoms with E-state index in [0.717, 1.165) is 35.1 Å². The summed E-state index contributed by atoms with van der Waals surface area (Å²) in [5, 5.41) is 6.03. The van der Waals surface area contributed by atoms with Crippen molar-refractivity contribution in [3.8, 4) is 10.6 Å². The molecule has 1 N–H and O–H groups in total. The molecule has 0 radical (unpaired) electrons. The van der Waals surface area contributed by atoms with Crippen molar-refractivity contribution in [3.63, 3.8) is 0 Å². The molecule has 1 atom stereocenters. The molecule has 1 saturated heterocycles. The highest BCUT2D eigenvalue weighted by molar-refractivity contribution is 7.13. The second-order valence-corrected chi connectivity index (χ2v) is 8.48. The molecule has 0 aliphatic carbocycles. The Morgan fingerprint density at radius 1 is 1.21 bits per heavy atom. The van der Waals surface area contributed by atoms with Crippen LogP contribution in [0.4, 0.5) is 0 Å². The van der Waals surface area contributed by atoms with Gasteiger partial charge in [-0.05, 0) is 45.0 Å². The Kier molecular flexibility index (Phi) is 6.42. The minimum absolute atomic E-state index is 0.000628. The zero-order valence-electron chi connectivity index (χ0n) is 16.8. The molecule has 1 amide bonds. The number of hydrogen-bond acceptors (Lipinski definition) is 5. The molecule has 1 fully saturated rings. The number of thiazole rings is 1. The highest BCUT2D eigenvalue weighted by atomic mass is 32.1. The van der Waals surface area contributed by atoms with Crippen LogP contribution in [0, 0.1) is 6.92 Å². The summed E-state index contributed by atoms with van der Waals surface area (Å²) in [5.74, 6) is 0.918. The Bertz CT molecular complexity index is 912. The molecule has 0 spiro atoms. The number of benzene rings is 1. The summed E-state index contributed by atoms with van der Waals surface area (Å²) in [5.41, 5.74) is 3.13. The number of likely N-dealkylation sites (tertiary alicyclic amines) is 1. The molecule has 0 bridgehead atoms. The number of furan rings is 1. The van der Waals surface area contributed by atoms with Gasteiger partial charge in [0.25, 0.3) is 0 Å². The van der Waals surface area contributed by atoms with Gasteiger partial charge in [-0.3, -0.25) is 9.69 Å². The molecule has 5 nitrogen and oxygen atoms in total. The van der Waals surface area contributed by atoms with Crippen molar-refractivity contribution < 1.29 is 9.21 Å². The summed E-state index contributed by atoms with van der Waals surface area (Å²) in [4.78, 5) is 19.6. The van der Waals surface area contributed by atoms with Crippen LogP contribution < -0.4 is 5.32 Å². The van der Waals surface area contributed by atoms with Crippen LogP contribution in [-0.4, -0.2) is 35.4 Å². The summed E-state index contributed by atoms with van der Waals surface area (Å²) in [6.07, 6.45) is 5.68. The van der Waals surface area contributed by atoms with Crippen LogP contribution in [0.25, 0.3) is 10.6 Å². The molecule has 3 heterocycles. The number of amides is 1. The van der Waals surface area contributed by atoms with E-state index in [0.29, 0.717) is 13.0 Å². The summed E-state index contributed by atoms with van der Waals surface area (Å²) >= 11 is 1.58. The van der Waals surface area contributed by atoms with Gasteiger partial charge in [0.1, 0.15) is 10.8 Å². The summed E-state index contributed by atoms with van der Waals surface area (Å²) in [7, 11) is 0. The van der Waals surface area contributed by atoms with Gasteiger partial charge in [0.15, 0.2) is 0 Å². The molecule has 0 saturated carbocycles. The average Bonchev–Trinajstić information content (AvgIpc) is 3.42. The van der Waals surface area contributed by atoms with Crippen LogP contribution in [0.1, 0.15) is 42.3 Å². The third-order valence-corrected chi connectivity index (χ3v) is 6.33. The highest BCUT2D eigenvalue weighted by Gasteiger charge is 2.25. The van der Waals surface area contributed by atoms with Crippen LogP contribution in [0.2, 0.25) is 0 Å². The lowest BCUT2D eigenvalue weighted by atomic mass is 10.1. The highest BCUT2D eigenvalue weighted by Crippen LogP contribution is 2.26. The number of carbonyl (C=O) groups excluding carboxylic acids is 1. The molecule has 4 rings (SSSR count). The number of hydrogen-bond donors (Lipinski definition) is 1. The molecule has 6 heteroatoms. The SMILES string of the molecule is Cc1ccc(-c2nc(CC(=O)NCC(c3ccco3)N3CCCCC3)cs2)cc1. The van der Waals surface area contributed by atoms with Crippen molar-refractivity contribution in [1.82, 2.24) is 15.2 Å². The van der Waals surface area contributed by atoms with E-state index in [1.54, 1.807) is 17.6 Å². The largest absolute Gasteiger partial charge is 0.468 e. The van der Waals surface area contributed by atoms with Crippen molar-refractivity contribution in [2.24, 2.45) is 0 Å². The summed E-state index contributed by atoms with van der Waals surface area (Å²) < 4.78 is 5.66. The quantitative estimate of drug-likeness (QED) is 0.620. The maximum Gasteiger partial charge on any atom is 0.226 e. The molecular weight excluding hydrogens is 382 g/mol. The van der Waals surface area contributed by atoms with Gasteiger partial charge in [-0.15, -0.1) is 11.3 Å². The Labute approximate surface area is 175 Å². The van der Waals surface area contributed by atoms with E-state index in [9.17, 15) is 4.79 Å². The van der Waals surface area contributed by atoms with E-state index < -0.39 is 0 Å². The molecular formula is C23H27N3O2S. The molecule has 1 aliphatic rings. The van der Waals surface area contributed by atoms with Gasteiger partial charge in [0, 0.05) is 17.5 Å². The van der Waals surface area contributed by atoms with Crippen LogP contribution in [0.3, 0.4) is 0 Å². The van der Waals surface area contributed by atoms with E-state index in [1.807, 2.05) is 17.5 Å². The Morgan fingerprint density at radius 3 is 2.72 bits per heavy atom. The van der Waals surface area contributed by atoms with Gasteiger partial charge >= 0.3 is 0 Å². The predicted octanol–water partition coefficient (Wildman–Crippen LogP) is 4.60. The van der Waals surface area contributed by atoms with Crippen LogP contribution in [0.15, 0.2) is 52.5 Å². The molecule has 1 unspecified atom stereocenters. The zero-order valence-corrected chi connectivity index (χ0v) is 17.6. The number of nitrogens with one attached hydrogen (secondary N) is 1. The first-order valence-electron chi connectivity index (χ1n) is 10.2. The molecule has 2 aromatic heterocycles. The Hall–Kier alpha value is -2.44. The van der Waals surface area contributed by atoms with Crippen LogP contribution in [0.5, 0.6) is 0 Å². The Morgan fingerprint density at radius 2 is 2.00 bits per heavy atom. The van der Waals surface area contributed by atoms with Gasteiger partial charge in [-0.2, -0.15) is 0 Å². The average molecular weight is 410 g/mol. The molecule has 152 valence electrons. The van der Waals surface area contributed by atoms with E-state index in [1.165, 1.54) is 24.8 Å². The fraction of sp³-hybridized carbons (Fsp3) is 0.391. The Balaban J connectivity index is 1.35. The fourth-order valence-electron chi connectivity index (χ4n) is 3.77. The number of aryl methyl sites for hydroxylation is 1. The first-order chi connectivity index (χ1) is 14.2.